The highest BCUT2D eigenvalue weighted by Gasteiger charge is 2.17. The molecule has 1 saturated heterocycles. The highest BCUT2D eigenvalue weighted by atomic mass is 32.1. The number of aryl methyl sites for hydroxylation is 1. The molecule has 0 bridgehead atoms. The summed E-state index contributed by atoms with van der Waals surface area (Å²) >= 11 is 1.79. The molecule has 2 heterocycles. The van der Waals surface area contributed by atoms with Crippen LogP contribution in [-0.2, 0) is 6.54 Å². The van der Waals surface area contributed by atoms with Gasteiger partial charge in [0.15, 0.2) is 0 Å². The van der Waals surface area contributed by atoms with Crippen molar-refractivity contribution in [1.29, 1.82) is 0 Å². The van der Waals surface area contributed by atoms with Crippen LogP contribution in [0.3, 0.4) is 0 Å². The largest absolute Gasteiger partial charge is 0.316 e. The van der Waals surface area contributed by atoms with Crippen LogP contribution in [0.5, 0.6) is 0 Å². The summed E-state index contributed by atoms with van der Waals surface area (Å²) in [6.45, 7) is 10.2. The molecule has 2 rings (SSSR count). The molecule has 0 spiro atoms. The fourth-order valence-corrected chi connectivity index (χ4v) is 3.25. The van der Waals surface area contributed by atoms with Crippen LogP contribution in [0.2, 0.25) is 0 Å². The van der Waals surface area contributed by atoms with Crippen LogP contribution >= 0.6 is 11.3 Å². The van der Waals surface area contributed by atoms with Crippen LogP contribution in [0.15, 0.2) is 5.51 Å². The van der Waals surface area contributed by atoms with Gasteiger partial charge in [-0.2, -0.15) is 0 Å². The Hall–Kier alpha value is -0.450. The molecule has 0 amide bonds. The number of rotatable bonds is 5. The van der Waals surface area contributed by atoms with E-state index >= 15 is 0 Å². The van der Waals surface area contributed by atoms with E-state index in [0.29, 0.717) is 0 Å². The summed E-state index contributed by atoms with van der Waals surface area (Å²) in [7, 11) is 0. The van der Waals surface area contributed by atoms with Gasteiger partial charge in [-0.25, -0.2) is 4.98 Å². The van der Waals surface area contributed by atoms with Gasteiger partial charge in [0.05, 0.1) is 11.2 Å². The van der Waals surface area contributed by atoms with E-state index in [1.54, 1.807) is 11.3 Å². The van der Waals surface area contributed by atoms with Gasteiger partial charge < -0.3 is 5.32 Å². The van der Waals surface area contributed by atoms with Crippen molar-refractivity contribution in [2.75, 3.05) is 26.2 Å². The molecule has 0 aliphatic carbocycles. The zero-order valence-electron chi connectivity index (χ0n) is 10.9. The summed E-state index contributed by atoms with van der Waals surface area (Å²) in [6.07, 6.45) is 2.72. The molecule has 1 unspecified atom stereocenters. The molecule has 0 saturated carbocycles. The van der Waals surface area contributed by atoms with Crippen molar-refractivity contribution < 1.29 is 0 Å². The van der Waals surface area contributed by atoms with E-state index in [4.69, 9.17) is 0 Å². The first-order chi connectivity index (χ1) is 8.29. The minimum Gasteiger partial charge on any atom is -0.316 e. The maximum absolute atomic E-state index is 4.33. The van der Waals surface area contributed by atoms with Crippen LogP contribution in [0.25, 0.3) is 0 Å². The zero-order chi connectivity index (χ0) is 12.1. The SMILES string of the molecule is CCN(Cc1scnc1C)CC1CCCNC1. The fraction of sp³-hybridized carbons (Fsp3) is 0.769. The second-order valence-electron chi connectivity index (χ2n) is 4.90. The number of nitrogens with one attached hydrogen (secondary N) is 1. The Kier molecular flexibility index (Phi) is 4.95. The van der Waals surface area contributed by atoms with E-state index in [1.165, 1.54) is 43.0 Å². The van der Waals surface area contributed by atoms with Crippen molar-refractivity contribution in [2.24, 2.45) is 5.92 Å². The Morgan fingerprint density at radius 2 is 2.47 bits per heavy atom. The van der Waals surface area contributed by atoms with E-state index in [2.05, 4.69) is 29.0 Å². The highest BCUT2D eigenvalue weighted by Crippen LogP contribution is 2.17. The van der Waals surface area contributed by atoms with Crippen molar-refractivity contribution in [3.05, 3.63) is 16.1 Å². The molecule has 1 N–H and O–H groups in total. The Labute approximate surface area is 108 Å². The van der Waals surface area contributed by atoms with Gasteiger partial charge in [0.25, 0.3) is 0 Å². The molecule has 1 fully saturated rings. The van der Waals surface area contributed by atoms with Gasteiger partial charge >= 0.3 is 0 Å². The van der Waals surface area contributed by atoms with Gasteiger partial charge in [-0.05, 0) is 45.3 Å². The van der Waals surface area contributed by atoms with Crippen LogP contribution < -0.4 is 5.32 Å². The minimum absolute atomic E-state index is 0.830. The lowest BCUT2D eigenvalue weighted by atomic mass is 9.99. The summed E-state index contributed by atoms with van der Waals surface area (Å²) in [5.41, 5.74) is 3.16. The summed E-state index contributed by atoms with van der Waals surface area (Å²) < 4.78 is 0. The van der Waals surface area contributed by atoms with E-state index in [1.807, 2.05) is 5.51 Å². The lowest BCUT2D eigenvalue weighted by Crippen LogP contribution is -2.38. The fourth-order valence-electron chi connectivity index (χ4n) is 2.43. The predicted molar refractivity (Wildman–Crippen MR) is 73.4 cm³/mol. The maximum atomic E-state index is 4.33. The quantitative estimate of drug-likeness (QED) is 0.872. The van der Waals surface area contributed by atoms with Crippen molar-refractivity contribution in [3.63, 3.8) is 0 Å². The van der Waals surface area contributed by atoms with Gasteiger partial charge in [-0.3, -0.25) is 4.90 Å². The summed E-state index contributed by atoms with van der Waals surface area (Å²) in [4.78, 5) is 8.31. The van der Waals surface area contributed by atoms with Crippen molar-refractivity contribution >= 4 is 11.3 Å². The normalized spacial score (nSPS) is 21.0. The van der Waals surface area contributed by atoms with Gasteiger partial charge in [-0.15, -0.1) is 11.3 Å². The molecule has 1 atom stereocenters. The third-order valence-corrected chi connectivity index (χ3v) is 4.49. The number of aromatic nitrogens is 1. The number of hydrogen-bond donors (Lipinski definition) is 1. The molecular formula is C13H23N3S. The molecule has 96 valence electrons. The van der Waals surface area contributed by atoms with Gasteiger partial charge in [0.1, 0.15) is 0 Å². The summed E-state index contributed by atoms with van der Waals surface area (Å²) in [6, 6.07) is 0. The molecule has 4 heteroatoms. The molecule has 0 radical (unpaired) electrons. The van der Waals surface area contributed by atoms with Crippen LogP contribution in [0.1, 0.15) is 30.3 Å². The monoisotopic (exact) mass is 253 g/mol. The maximum Gasteiger partial charge on any atom is 0.0798 e. The first kappa shape index (κ1) is 13.0. The average molecular weight is 253 g/mol. The Morgan fingerprint density at radius 3 is 3.06 bits per heavy atom. The number of thiazole rings is 1. The number of piperidine rings is 1. The number of nitrogens with zero attached hydrogens (tertiary/aromatic N) is 2. The first-order valence-corrected chi connectivity index (χ1v) is 7.49. The molecule has 1 aromatic rings. The van der Waals surface area contributed by atoms with Crippen molar-refractivity contribution in [1.82, 2.24) is 15.2 Å². The van der Waals surface area contributed by atoms with Gasteiger partial charge in [-0.1, -0.05) is 6.92 Å². The highest BCUT2D eigenvalue weighted by molar-refractivity contribution is 7.09. The molecule has 1 aromatic heterocycles. The Morgan fingerprint density at radius 1 is 1.59 bits per heavy atom. The van der Waals surface area contributed by atoms with Gasteiger partial charge in [0, 0.05) is 18.0 Å². The van der Waals surface area contributed by atoms with Gasteiger partial charge in [0.2, 0.25) is 0 Å². The minimum atomic E-state index is 0.830. The second kappa shape index (κ2) is 6.47. The zero-order valence-corrected chi connectivity index (χ0v) is 11.7. The Balaban J connectivity index is 1.85. The van der Waals surface area contributed by atoms with Crippen LogP contribution in [-0.4, -0.2) is 36.1 Å². The average Bonchev–Trinajstić information content (AvgIpc) is 2.75. The summed E-state index contributed by atoms with van der Waals surface area (Å²) in [5.74, 6) is 0.830. The van der Waals surface area contributed by atoms with Crippen molar-refractivity contribution in [2.45, 2.75) is 33.2 Å². The topological polar surface area (TPSA) is 28.2 Å². The third kappa shape index (κ3) is 3.76. The van der Waals surface area contributed by atoms with E-state index in [0.717, 1.165) is 19.0 Å². The number of hydrogen-bond acceptors (Lipinski definition) is 4. The van der Waals surface area contributed by atoms with E-state index in [9.17, 15) is 0 Å². The molecule has 1 aliphatic heterocycles. The molecule has 17 heavy (non-hydrogen) atoms. The smallest absolute Gasteiger partial charge is 0.0798 e. The standard InChI is InChI=1S/C13H23N3S/c1-3-16(8-12-5-4-6-14-7-12)9-13-11(2)15-10-17-13/h10,12,14H,3-9H2,1-2H3. The Bertz CT molecular complexity index is 331. The molecule has 0 aromatic carbocycles. The second-order valence-corrected chi connectivity index (χ2v) is 5.84. The molecule has 3 nitrogen and oxygen atoms in total. The van der Waals surface area contributed by atoms with E-state index < -0.39 is 0 Å². The predicted octanol–water partition coefficient (Wildman–Crippen LogP) is 2.27. The van der Waals surface area contributed by atoms with E-state index in [-0.39, 0.29) is 0 Å². The first-order valence-electron chi connectivity index (χ1n) is 6.61. The van der Waals surface area contributed by atoms with Crippen LogP contribution in [0, 0.1) is 12.8 Å². The van der Waals surface area contributed by atoms with Crippen molar-refractivity contribution in [3.8, 4) is 0 Å². The summed E-state index contributed by atoms with van der Waals surface area (Å²) in [5, 5.41) is 3.50. The molecule has 1 aliphatic rings. The third-order valence-electron chi connectivity index (χ3n) is 3.57. The molecular weight excluding hydrogens is 230 g/mol. The van der Waals surface area contributed by atoms with Crippen LogP contribution in [0.4, 0.5) is 0 Å². The lowest BCUT2D eigenvalue weighted by molar-refractivity contribution is 0.211. The lowest BCUT2D eigenvalue weighted by Gasteiger charge is -2.29.